The second-order valence-corrected chi connectivity index (χ2v) is 4.48. The van der Waals surface area contributed by atoms with E-state index >= 15 is 0 Å². The van der Waals surface area contributed by atoms with E-state index < -0.39 is 0 Å². The van der Waals surface area contributed by atoms with Crippen LogP contribution in [-0.4, -0.2) is 50.8 Å². The summed E-state index contributed by atoms with van der Waals surface area (Å²) in [6.07, 6.45) is 2.64. The summed E-state index contributed by atoms with van der Waals surface area (Å²) in [5, 5.41) is 3.46. The molecule has 0 atom stereocenters. The highest BCUT2D eigenvalue weighted by atomic mass is 16.5. The topological polar surface area (TPSA) is 24.5 Å². The molecule has 2 saturated heterocycles. The predicted octanol–water partition coefficient (Wildman–Crippen LogP) is 0.317. The van der Waals surface area contributed by atoms with Crippen LogP contribution in [0.5, 0.6) is 0 Å². The summed E-state index contributed by atoms with van der Waals surface area (Å²) in [4.78, 5) is 2.42. The molecule has 2 rings (SSSR count). The Morgan fingerprint density at radius 1 is 1.31 bits per heavy atom. The van der Waals surface area contributed by atoms with Crippen molar-refractivity contribution < 1.29 is 4.74 Å². The van der Waals surface area contributed by atoms with Crippen LogP contribution in [0.3, 0.4) is 0 Å². The van der Waals surface area contributed by atoms with Gasteiger partial charge in [0.25, 0.3) is 0 Å². The summed E-state index contributed by atoms with van der Waals surface area (Å²) >= 11 is 0. The van der Waals surface area contributed by atoms with Gasteiger partial charge < -0.3 is 15.0 Å². The minimum Gasteiger partial charge on any atom is -0.377 e. The molecule has 3 heteroatoms. The Hall–Kier alpha value is -0.120. The molecular weight excluding hydrogens is 164 g/mol. The molecular formula is C10H20N2O. The van der Waals surface area contributed by atoms with E-state index in [9.17, 15) is 0 Å². The number of nitrogens with zero attached hydrogens (tertiary/aromatic N) is 1. The molecule has 0 spiro atoms. The van der Waals surface area contributed by atoms with Crippen LogP contribution in [-0.2, 0) is 4.74 Å². The van der Waals surface area contributed by atoms with Gasteiger partial charge in [0, 0.05) is 0 Å². The van der Waals surface area contributed by atoms with Crippen LogP contribution in [0.15, 0.2) is 0 Å². The van der Waals surface area contributed by atoms with Gasteiger partial charge in [-0.2, -0.15) is 0 Å². The Morgan fingerprint density at radius 3 is 2.31 bits per heavy atom. The number of hydrogen-bond donors (Lipinski definition) is 1. The highest BCUT2D eigenvalue weighted by Crippen LogP contribution is 2.33. The van der Waals surface area contributed by atoms with Gasteiger partial charge in [-0.15, -0.1) is 0 Å². The van der Waals surface area contributed by atoms with Crippen molar-refractivity contribution in [2.45, 2.75) is 18.4 Å². The minimum absolute atomic E-state index is 0.321. The Balaban J connectivity index is 1.92. The van der Waals surface area contributed by atoms with Gasteiger partial charge in [-0.3, -0.25) is 0 Å². The number of piperidine rings is 1. The largest absolute Gasteiger partial charge is 0.377 e. The molecule has 76 valence electrons. The summed E-state index contributed by atoms with van der Waals surface area (Å²) < 4.78 is 5.33. The van der Waals surface area contributed by atoms with Crippen LogP contribution in [0, 0.1) is 5.92 Å². The molecule has 13 heavy (non-hydrogen) atoms. The van der Waals surface area contributed by atoms with E-state index in [0.29, 0.717) is 5.54 Å². The van der Waals surface area contributed by atoms with Crippen LogP contribution in [0.4, 0.5) is 0 Å². The third-order valence-electron chi connectivity index (χ3n) is 3.72. The highest BCUT2D eigenvalue weighted by Gasteiger charge is 2.44. The summed E-state index contributed by atoms with van der Waals surface area (Å²) in [6, 6.07) is 0. The Labute approximate surface area is 80.4 Å². The van der Waals surface area contributed by atoms with Crippen LogP contribution in [0.2, 0.25) is 0 Å². The molecule has 0 unspecified atom stereocenters. The molecule has 1 N–H and O–H groups in total. The van der Waals surface area contributed by atoms with Crippen molar-refractivity contribution in [3.05, 3.63) is 0 Å². The molecule has 0 aromatic heterocycles. The molecule has 2 heterocycles. The molecule has 0 aromatic carbocycles. The number of ether oxygens (including phenoxy) is 1. The first kappa shape index (κ1) is 9.44. The van der Waals surface area contributed by atoms with Gasteiger partial charge in [-0.1, -0.05) is 0 Å². The maximum absolute atomic E-state index is 5.33. The van der Waals surface area contributed by atoms with E-state index in [1.807, 2.05) is 0 Å². The van der Waals surface area contributed by atoms with Gasteiger partial charge in [0.2, 0.25) is 0 Å². The van der Waals surface area contributed by atoms with E-state index in [-0.39, 0.29) is 0 Å². The molecule has 0 bridgehead atoms. The van der Waals surface area contributed by atoms with E-state index in [0.717, 1.165) is 19.1 Å². The van der Waals surface area contributed by atoms with E-state index in [1.165, 1.54) is 25.9 Å². The van der Waals surface area contributed by atoms with Gasteiger partial charge in [0.1, 0.15) is 0 Å². The maximum Gasteiger partial charge on any atom is 0.0680 e. The third-order valence-corrected chi connectivity index (χ3v) is 3.72. The monoisotopic (exact) mass is 184 g/mol. The second-order valence-electron chi connectivity index (χ2n) is 4.48. The lowest BCUT2D eigenvalue weighted by Gasteiger charge is -2.49. The van der Waals surface area contributed by atoms with Crippen LogP contribution in [0.25, 0.3) is 0 Å². The SMILES string of the molecule is CNC1(C2CCN(C)CC2)COC1. The van der Waals surface area contributed by atoms with Crippen molar-refractivity contribution in [1.82, 2.24) is 10.2 Å². The summed E-state index contributed by atoms with van der Waals surface area (Å²) in [5.74, 6) is 0.822. The Bertz CT molecular complexity index is 166. The first-order valence-corrected chi connectivity index (χ1v) is 5.22. The van der Waals surface area contributed by atoms with E-state index in [2.05, 4.69) is 24.3 Å². The van der Waals surface area contributed by atoms with Crippen LogP contribution < -0.4 is 5.32 Å². The van der Waals surface area contributed by atoms with E-state index in [1.54, 1.807) is 0 Å². The number of nitrogens with one attached hydrogen (secondary N) is 1. The fourth-order valence-corrected chi connectivity index (χ4v) is 2.47. The van der Waals surface area contributed by atoms with Gasteiger partial charge in [-0.25, -0.2) is 0 Å². The molecule has 2 aliphatic heterocycles. The van der Waals surface area contributed by atoms with Crippen molar-refractivity contribution >= 4 is 0 Å². The summed E-state index contributed by atoms with van der Waals surface area (Å²) in [5.41, 5.74) is 0.321. The number of likely N-dealkylation sites (tertiary alicyclic amines) is 1. The van der Waals surface area contributed by atoms with Crippen molar-refractivity contribution in [1.29, 1.82) is 0 Å². The molecule has 2 fully saturated rings. The molecule has 0 aromatic rings. The maximum atomic E-state index is 5.33. The Morgan fingerprint density at radius 2 is 1.92 bits per heavy atom. The minimum atomic E-state index is 0.321. The Kier molecular flexibility index (Phi) is 2.58. The van der Waals surface area contributed by atoms with Crippen LogP contribution >= 0.6 is 0 Å². The standard InChI is InChI=1S/C10H20N2O/c1-11-10(7-13-8-10)9-3-5-12(2)6-4-9/h9,11H,3-8H2,1-2H3. The van der Waals surface area contributed by atoms with Gasteiger partial charge in [0.15, 0.2) is 0 Å². The fraction of sp³-hybridized carbons (Fsp3) is 1.00. The van der Waals surface area contributed by atoms with Gasteiger partial charge in [-0.05, 0) is 45.9 Å². The fourth-order valence-electron chi connectivity index (χ4n) is 2.47. The smallest absolute Gasteiger partial charge is 0.0680 e. The van der Waals surface area contributed by atoms with Crippen LogP contribution in [0.1, 0.15) is 12.8 Å². The number of rotatable bonds is 2. The molecule has 0 radical (unpaired) electrons. The molecule has 0 aliphatic carbocycles. The van der Waals surface area contributed by atoms with Crippen molar-refractivity contribution in [2.75, 3.05) is 40.4 Å². The molecule has 0 saturated carbocycles. The number of hydrogen-bond acceptors (Lipinski definition) is 3. The first-order chi connectivity index (χ1) is 6.27. The van der Waals surface area contributed by atoms with Crippen molar-refractivity contribution in [3.63, 3.8) is 0 Å². The molecule has 3 nitrogen and oxygen atoms in total. The highest BCUT2D eigenvalue weighted by molar-refractivity contribution is 5.00. The summed E-state index contributed by atoms with van der Waals surface area (Å²) in [6.45, 7) is 4.32. The van der Waals surface area contributed by atoms with E-state index in [4.69, 9.17) is 4.74 Å². The molecule has 0 amide bonds. The van der Waals surface area contributed by atoms with Crippen molar-refractivity contribution in [3.8, 4) is 0 Å². The second kappa shape index (κ2) is 3.56. The zero-order valence-corrected chi connectivity index (χ0v) is 8.68. The first-order valence-electron chi connectivity index (χ1n) is 5.22. The van der Waals surface area contributed by atoms with Crippen molar-refractivity contribution in [2.24, 2.45) is 5.92 Å². The predicted molar refractivity (Wildman–Crippen MR) is 52.8 cm³/mol. The lowest BCUT2D eigenvalue weighted by atomic mass is 9.76. The zero-order valence-electron chi connectivity index (χ0n) is 8.68. The van der Waals surface area contributed by atoms with Gasteiger partial charge in [0.05, 0.1) is 18.8 Å². The van der Waals surface area contributed by atoms with Gasteiger partial charge >= 0.3 is 0 Å². The number of likely N-dealkylation sites (N-methyl/N-ethyl adjacent to an activating group) is 1. The quantitative estimate of drug-likeness (QED) is 0.669. The average molecular weight is 184 g/mol. The normalized spacial score (nSPS) is 30.0. The summed E-state index contributed by atoms with van der Waals surface area (Å²) in [7, 11) is 4.28. The zero-order chi connectivity index (χ0) is 9.31. The molecule has 2 aliphatic rings. The lowest BCUT2D eigenvalue weighted by Crippen LogP contribution is -2.65. The third kappa shape index (κ3) is 1.60. The lowest BCUT2D eigenvalue weighted by molar-refractivity contribution is -0.110. The average Bonchev–Trinajstić information content (AvgIpc) is 2.07.